The van der Waals surface area contributed by atoms with Gasteiger partial charge < -0.3 is 15.6 Å². The molecule has 7 heteroatoms. The summed E-state index contributed by atoms with van der Waals surface area (Å²) in [6.45, 7) is 4.83. The van der Waals surface area contributed by atoms with Gasteiger partial charge in [0.2, 0.25) is 5.91 Å². The molecular formula is C15H22N6O. The van der Waals surface area contributed by atoms with Crippen LogP contribution in [0.5, 0.6) is 0 Å². The summed E-state index contributed by atoms with van der Waals surface area (Å²) < 4.78 is 1.97. The van der Waals surface area contributed by atoms with Crippen LogP contribution in [0.25, 0.3) is 0 Å². The maximum Gasteiger partial charge on any atom is 0.220 e. The summed E-state index contributed by atoms with van der Waals surface area (Å²) in [7, 11) is 0. The third kappa shape index (κ3) is 3.04. The van der Waals surface area contributed by atoms with Crippen LogP contribution < -0.4 is 10.6 Å². The normalized spacial score (nSPS) is 22.0. The van der Waals surface area contributed by atoms with Crippen molar-refractivity contribution >= 4 is 5.91 Å². The molecule has 1 amide bonds. The van der Waals surface area contributed by atoms with E-state index < -0.39 is 0 Å². The SMILES string of the molecule is CC(C)n1nccc1[C@@H]1NC(=O)CC[C@H]1NCc1ncc[nH]1. The van der Waals surface area contributed by atoms with E-state index in [0.717, 1.165) is 17.9 Å². The first kappa shape index (κ1) is 14.8. The number of aromatic amines is 1. The van der Waals surface area contributed by atoms with Gasteiger partial charge in [0.05, 0.1) is 18.3 Å². The quantitative estimate of drug-likeness (QED) is 0.777. The molecule has 1 aliphatic heterocycles. The van der Waals surface area contributed by atoms with Gasteiger partial charge in [0.25, 0.3) is 0 Å². The third-order valence-electron chi connectivity index (χ3n) is 4.00. The lowest BCUT2D eigenvalue weighted by Crippen LogP contribution is -2.49. The number of nitrogens with zero attached hydrogens (tertiary/aromatic N) is 3. The Hall–Kier alpha value is -2.15. The number of imidazole rings is 1. The molecule has 0 unspecified atom stereocenters. The van der Waals surface area contributed by atoms with Gasteiger partial charge in [-0.15, -0.1) is 0 Å². The fraction of sp³-hybridized carbons (Fsp3) is 0.533. The van der Waals surface area contributed by atoms with Crippen LogP contribution in [0.2, 0.25) is 0 Å². The molecule has 0 radical (unpaired) electrons. The lowest BCUT2D eigenvalue weighted by atomic mass is 9.95. The molecule has 1 fully saturated rings. The summed E-state index contributed by atoms with van der Waals surface area (Å²) in [6.07, 6.45) is 6.69. The summed E-state index contributed by atoms with van der Waals surface area (Å²) in [5, 5.41) is 11.0. The van der Waals surface area contributed by atoms with Crippen molar-refractivity contribution in [3.8, 4) is 0 Å². The zero-order chi connectivity index (χ0) is 15.5. The minimum atomic E-state index is -0.0684. The molecule has 1 saturated heterocycles. The van der Waals surface area contributed by atoms with Crippen LogP contribution in [0.3, 0.4) is 0 Å². The summed E-state index contributed by atoms with van der Waals surface area (Å²) in [5.74, 6) is 0.991. The van der Waals surface area contributed by atoms with Crippen molar-refractivity contribution in [1.82, 2.24) is 30.4 Å². The molecule has 0 aromatic carbocycles. The molecule has 118 valence electrons. The average molecular weight is 302 g/mol. The summed E-state index contributed by atoms with van der Waals surface area (Å²) in [5.41, 5.74) is 1.04. The molecule has 1 aliphatic rings. The van der Waals surface area contributed by atoms with Crippen LogP contribution in [0, 0.1) is 0 Å². The third-order valence-corrected chi connectivity index (χ3v) is 4.00. The van der Waals surface area contributed by atoms with E-state index >= 15 is 0 Å². The van der Waals surface area contributed by atoms with Gasteiger partial charge in [0, 0.05) is 37.1 Å². The Kier molecular flexibility index (Phi) is 4.24. The number of amides is 1. The van der Waals surface area contributed by atoms with Gasteiger partial charge in [-0.2, -0.15) is 5.10 Å². The molecule has 0 saturated carbocycles. The highest BCUT2D eigenvalue weighted by atomic mass is 16.1. The van der Waals surface area contributed by atoms with E-state index in [9.17, 15) is 4.79 Å². The number of rotatable bonds is 5. The first-order valence-corrected chi connectivity index (χ1v) is 7.69. The van der Waals surface area contributed by atoms with Crippen molar-refractivity contribution in [2.24, 2.45) is 0 Å². The predicted molar refractivity (Wildman–Crippen MR) is 81.9 cm³/mol. The van der Waals surface area contributed by atoms with Gasteiger partial charge in [-0.3, -0.25) is 9.48 Å². The molecule has 0 spiro atoms. The maximum absolute atomic E-state index is 11.8. The molecular weight excluding hydrogens is 280 g/mol. The van der Waals surface area contributed by atoms with E-state index in [2.05, 4.69) is 39.5 Å². The molecule has 3 heterocycles. The monoisotopic (exact) mass is 302 g/mol. The maximum atomic E-state index is 11.8. The average Bonchev–Trinajstić information content (AvgIpc) is 3.17. The first-order chi connectivity index (χ1) is 10.6. The Balaban J connectivity index is 1.77. The van der Waals surface area contributed by atoms with Gasteiger partial charge >= 0.3 is 0 Å². The van der Waals surface area contributed by atoms with Crippen LogP contribution >= 0.6 is 0 Å². The second kappa shape index (κ2) is 6.31. The molecule has 3 N–H and O–H groups in total. The Labute approximate surface area is 129 Å². The molecule has 22 heavy (non-hydrogen) atoms. The lowest BCUT2D eigenvalue weighted by molar-refractivity contribution is -0.124. The van der Waals surface area contributed by atoms with Gasteiger partial charge in [0.1, 0.15) is 5.82 Å². The fourth-order valence-electron chi connectivity index (χ4n) is 2.92. The second-order valence-electron chi connectivity index (χ2n) is 5.90. The van der Waals surface area contributed by atoms with Crippen molar-refractivity contribution in [1.29, 1.82) is 0 Å². The summed E-state index contributed by atoms with van der Waals surface area (Å²) in [4.78, 5) is 19.2. The zero-order valence-corrected chi connectivity index (χ0v) is 12.9. The number of carbonyl (C=O) groups excluding carboxylic acids is 1. The van der Waals surface area contributed by atoms with Crippen LogP contribution in [0.15, 0.2) is 24.7 Å². The lowest BCUT2D eigenvalue weighted by Gasteiger charge is -2.33. The number of piperidine rings is 1. The highest BCUT2D eigenvalue weighted by molar-refractivity contribution is 5.77. The zero-order valence-electron chi connectivity index (χ0n) is 12.9. The highest BCUT2D eigenvalue weighted by Gasteiger charge is 2.32. The largest absolute Gasteiger partial charge is 0.348 e. The van der Waals surface area contributed by atoms with E-state index in [1.807, 2.05) is 16.9 Å². The molecule has 2 atom stereocenters. The van der Waals surface area contributed by atoms with Gasteiger partial charge in [-0.05, 0) is 26.3 Å². The molecule has 3 rings (SSSR count). The fourth-order valence-corrected chi connectivity index (χ4v) is 2.92. The number of aromatic nitrogens is 4. The van der Waals surface area contributed by atoms with Crippen molar-refractivity contribution in [2.45, 2.75) is 51.4 Å². The number of hydrogen-bond donors (Lipinski definition) is 3. The van der Waals surface area contributed by atoms with E-state index in [-0.39, 0.29) is 24.0 Å². The van der Waals surface area contributed by atoms with E-state index in [0.29, 0.717) is 13.0 Å². The smallest absolute Gasteiger partial charge is 0.220 e. The minimum absolute atomic E-state index is 0.0684. The molecule has 0 aliphatic carbocycles. The molecule has 0 bridgehead atoms. The van der Waals surface area contributed by atoms with Gasteiger partial charge in [-0.25, -0.2) is 4.98 Å². The second-order valence-corrected chi connectivity index (χ2v) is 5.90. The number of nitrogens with one attached hydrogen (secondary N) is 3. The Bertz CT molecular complexity index is 618. The van der Waals surface area contributed by atoms with Gasteiger partial charge in [-0.1, -0.05) is 0 Å². The number of hydrogen-bond acceptors (Lipinski definition) is 4. The van der Waals surface area contributed by atoms with E-state index in [1.54, 1.807) is 12.4 Å². The topological polar surface area (TPSA) is 87.6 Å². The summed E-state index contributed by atoms with van der Waals surface area (Å²) >= 11 is 0. The molecule has 2 aromatic heterocycles. The van der Waals surface area contributed by atoms with Crippen LogP contribution in [0.1, 0.15) is 50.3 Å². The molecule has 2 aromatic rings. The standard InChI is InChI=1S/C15H22N6O/c1-10(2)21-12(5-6-19-21)15-11(3-4-14(22)20-15)18-9-13-16-7-8-17-13/h5-8,10-11,15,18H,3-4,9H2,1-2H3,(H,16,17)(H,20,22)/t11-,15-/m1/s1. The summed E-state index contributed by atoms with van der Waals surface area (Å²) in [6, 6.07) is 2.34. The van der Waals surface area contributed by atoms with Crippen molar-refractivity contribution < 1.29 is 4.79 Å². The number of H-pyrrole nitrogens is 1. The van der Waals surface area contributed by atoms with E-state index in [4.69, 9.17) is 0 Å². The van der Waals surface area contributed by atoms with Gasteiger partial charge in [0.15, 0.2) is 0 Å². The predicted octanol–water partition coefficient (Wildman–Crippen LogP) is 1.30. The van der Waals surface area contributed by atoms with Crippen LogP contribution in [0.4, 0.5) is 0 Å². The minimum Gasteiger partial charge on any atom is -0.348 e. The van der Waals surface area contributed by atoms with Crippen molar-refractivity contribution in [3.63, 3.8) is 0 Å². The van der Waals surface area contributed by atoms with Crippen LogP contribution in [-0.4, -0.2) is 31.7 Å². The van der Waals surface area contributed by atoms with Crippen LogP contribution in [-0.2, 0) is 11.3 Å². The Morgan fingerprint density at radius 1 is 1.45 bits per heavy atom. The Morgan fingerprint density at radius 3 is 3.05 bits per heavy atom. The highest BCUT2D eigenvalue weighted by Crippen LogP contribution is 2.26. The molecule has 7 nitrogen and oxygen atoms in total. The first-order valence-electron chi connectivity index (χ1n) is 7.69. The Morgan fingerprint density at radius 2 is 2.32 bits per heavy atom. The number of carbonyl (C=O) groups is 1. The van der Waals surface area contributed by atoms with Crippen molar-refractivity contribution in [2.75, 3.05) is 0 Å². The van der Waals surface area contributed by atoms with E-state index in [1.165, 1.54) is 0 Å². The van der Waals surface area contributed by atoms with Crippen molar-refractivity contribution in [3.05, 3.63) is 36.2 Å².